The minimum Gasteiger partial charge on any atom is -0.451 e. The maximum Gasteiger partial charge on any atom is 0.287 e. The van der Waals surface area contributed by atoms with E-state index in [-0.39, 0.29) is 24.0 Å². The molecule has 0 saturated heterocycles. The van der Waals surface area contributed by atoms with Crippen molar-refractivity contribution in [1.29, 1.82) is 0 Å². The smallest absolute Gasteiger partial charge is 0.287 e. The molecule has 4 nitrogen and oxygen atoms in total. The second-order valence-electron chi connectivity index (χ2n) is 5.87. The Kier molecular flexibility index (Phi) is 4.66. The summed E-state index contributed by atoms with van der Waals surface area (Å²) in [6.07, 6.45) is 0. The van der Waals surface area contributed by atoms with Gasteiger partial charge in [-0.15, -0.1) is 0 Å². The van der Waals surface area contributed by atoms with E-state index in [1.807, 2.05) is 13.8 Å². The number of halogens is 1. The molecule has 1 unspecified atom stereocenters. The van der Waals surface area contributed by atoms with E-state index in [0.29, 0.717) is 11.3 Å². The molecule has 0 saturated carbocycles. The van der Waals surface area contributed by atoms with Gasteiger partial charge in [-0.05, 0) is 49.2 Å². The second-order valence-corrected chi connectivity index (χ2v) is 5.87. The Morgan fingerprint density at radius 1 is 1.27 bits per heavy atom. The highest BCUT2D eigenvalue weighted by atomic mass is 19.1. The van der Waals surface area contributed by atoms with E-state index in [0.717, 1.165) is 0 Å². The maximum absolute atomic E-state index is 12.9. The number of rotatable bonds is 5. The molecule has 5 heteroatoms. The summed E-state index contributed by atoms with van der Waals surface area (Å²) < 4.78 is 18.4. The molecule has 118 valence electrons. The zero-order valence-electron chi connectivity index (χ0n) is 12.9. The van der Waals surface area contributed by atoms with E-state index < -0.39 is 11.5 Å². The summed E-state index contributed by atoms with van der Waals surface area (Å²) >= 11 is 0. The van der Waals surface area contributed by atoms with Crippen molar-refractivity contribution >= 4 is 5.91 Å². The molecule has 0 radical (unpaired) electrons. The Bertz CT molecular complexity index is 644. The van der Waals surface area contributed by atoms with Crippen molar-refractivity contribution < 1.29 is 18.7 Å². The highest BCUT2D eigenvalue weighted by Gasteiger charge is 2.26. The van der Waals surface area contributed by atoms with Crippen LogP contribution in [0.15, 0.2) is 40.8 Å². The normalized spacial score (nSPS) is 13.9. The molecule has 0 aliphatic rings. The summed E-state index contributed by atoms with van der Waals surface area (Å²) in [6, 6.07) is 9.04. The van der Waals surface area contributed by atoms with Gasteiger partial charge in [0, 0.05) is 12.1 Å². The largest absolute Gasteiger partial charge is 0.451 e. The quantitative estimate of drug-likeness (QED) is 0.891. The van der Waals surface area contributed by atoms with Crippen LogP contribution in [0.1, 0.15) is 31.3 Å². The maximum atomic E-state index is 12.9. The number of carbonyl (C=O) groups is 1. The van der Waals surface area contributed by atoms with E-state index in [4.69, 9.17) is 4.42 Å². The van der Waals surface area contributed by atoms with Gasteiger partial charge in [0.25, 0.3) is 5.91 Å². The van der Waals surface area contributed by atoms with Gasteiger partial charge in [0.2, 0.25) is 0 Å². The van der Waals surface area contributed by atoms with Gasteiger partial charge in [-0.1, -0.05) is 13.8 Å². The zero-order valence-corrected chi connectivity index (χ0v) is 12.9. The molecule has 0 aliphatic heterocycles. The van der Waals surface area contributed by atoms with E-state index in [2.05, 4.69) is 5.32 Å². The number of hydrogen-bond donors (Lipinski definition) is 2. The lowest BCUT2D eigenvalue weighted by atomic mass is 9.92. The minimum absolute atomic E-state index is 0.0131. The van der Waals surface area contributed by atoms with Crippen LogP contribution >= 0.6 is 0 Å². The van der Waals surface area contributed by atoms with Crippen LogP contribution in [0.4, 0.5) is 4.39 Å². The highest BCUT2D eigenvalue weighted by Crippen LogP contribution is 2.22. The van der Waals surface area contributed by atoms with Crippen LogP contribution in [0.3, 0.4) is 0 Å². The predicted molar refractivity (Wildman–Crippen MR) is 81.9 cm³/mol. The lowest BCUT2D eigenvalue weighted by Crippen LogP contribution is -2.44. The number of benzene rings is 1. The molecule has 2 aromatic rings. The summed E-state index contributed by atoms with van der Waals surface area (Å²) in [5, 5.41) is 12.8. The van der Waals surface area contributed by atoms with Gasteiger partial charge in [0.05, 0.1) is 5.60 Å². The Hall–Kier alpha value is -2.14. The Morgan fingerprint density at radius 2 is 1.91 bits per heavy atom. The van der Waals surface area contributed by atoms with E-state index >= 15 is 0 Å². The SMILES string of the molecule is CC(C)C(C)(O)CNC(=O)c1ccc(-c2ccc(F)cc2)o1. The van der Waals surface area contributed by atoms with Crippen molar-refractivity contribution in [2.75, 3.05) is 6.54 Å². The predicted octanol–water partition coefficient (Wildman–Crippen LogP) is 3.22. The first-order chi connectivity index (χ1) is 10.3. The average molecular weight is 305 g/mol. The lowest BCUT2D eigenvalue weighted by Gasteiger charge is -2.27. The molecule has 0 fully saturated rings. The fourth-order valence-electron chi connectivity index (χ4n) is 1.78. The molecular formula is C17H20FNO3. The number of aliphatic hydroxyl groups is 1. The molecule has 2 rings (SSSR count). The van der Waals surface area contributed by atoms with Crippen LogP contribution in [0.25, 0.3) is 11.3 Å². The van der Waals surface area contributed by atoms with Crippen molar-refractivity contribution in [3.05, 3.63) is 48.0 Å². The molecule has 2 N–H and O–H groups in total. The summed E-state index contributed by atoms with van der Waals surface area (Å²) in [5.41, 5.74) is -0.295. The third-order valence-electron chi connectivity index (χ3n) is 3.81. The van der Waals surface area contributed by atoms with E-state index in [1.54, 1.807) is 31.2 Å². The molecule has 0 aliphatic carbocycles. The fourth-order valence-corrected chi connectivity index (χ4v) is 1.78. The molecule has 1 amide bonds. The number of nitrogens with one attached hydrogen (secondary N) is 1. The first-order valence-corrected chi connectivity index (χ1v) is 7.16. The van der Waals surface area contributed by atoms with Crippen molar-refractivity contribution in [2.24, 2.45) is 5.92 Å². The van der Waals surface area contributed by atoms with Crippen molar-refractivity contribution in [1.82, 2.24) is 5.32 Å². The molecule has 1 aromatic heterocycles. The molecule has 1 heterocycles. The van der Waals surface area contributed by atoms with Crippen molar-refractivity contribution in [3.63, 3.8) is 0 Å². The van der Waals surface area contributed by atoms with Gasteiger partial charge < -0.3 is 14.8 Å². The Balaban J connectivity index is 2.05. The molecule has 0 spiro atoms. The number of carbonyl (C=O) groups excluding carboxylic acids is 1. The van der Waals surface area contributed by atoms with Crippen molar-refractivity contribution in [2.45, 2.75) is 26.4 Å². The minimum atomic E-state index is -0.984. The van der Waals surface area contributed by atoms with Crippen LogP contribution in [0, 0.1) is 11.7 Å². The van der Waals surface area contributed by atoms with Crippen LogP contribution < -0.4 is 5.32 Å². The number of furan rings is 1. The Morgan fingerprint density at radius 3 is 2.50 bits per heavy atom. The van der Waals surface area contributed by atoms with Gasteiger partial charge in [0.1, 0.15) is 11.6 Å². The molecule has 1 atom stereocenters. The lowest BCUT2D eigenvalue weighted by molar-refractivity contribution is 0.0139. The first-order valence-electron chi connectivity index (χ1n) is 7.16. The van der Waals surface area contributed by atoms with E-state index in [1.165, 1.54) is 12.1 Å². The zero-order chi connectivity index (χ0) is 16.3. The van der Waals surface area contributed by atoms with Gasteiger partial charge in [-0.25, -0.2) is 4.39 Å². The summed E-state index contributed by atoms with van der Waals surface area (Å²) in [5.74, 6) is -0.0719. The van der Waals surface area contributed by atoms with Gasteiger partial charge in [-0.3, -0.25) is 4.79 Å². The molecule has 0 bridgehead atoms. The van der Waals surface area contributed by atoms with Gasteiger partial charge in [0.15, 0.2) is 5.76 Å². The van der Waals surface area contributed by atoms with Crippen molar-refractivity contribution in [3.8, 4) is 11.3 Å². The van der Waals surface area contributed by atoms with Crippen LogP contribution in [-0.2, 0) is 0 Å². The molecule has 1 aromatic carbocycles. The van der Waals surface area contributed by atoms with Gasteiger partial charge >= 0.3 is 0 Å². The number of hydrogen-bond acceptors (Lipinski definition) is 3. The molecule has 22 heavy (non-hydrogen) atoms. The van der Waals surface area contributed by atoms with Crippen LogP contribution in [0.2, 0.25) is 0 Å². The second kappa shape index (κ2) is 6.32. The Labute approximate surface area is 129 Å². The summed E-state index contributed by atoms with van der Waals surface area (Å²) in [7, 11) is 0. The standard InChI is InChI=1S/C17H20FNO3/c1-11(2)17(3,21)10-19-16(20)15-9-8-14(22-15)12-4-6-13(18)7-5-12/h4-9,11,21H,10H2,1-3H3,(H,19,20). The van der Waals surface area contributed by atoms with Crippen LogP contribution in [0.5, 0.6) is 0 Å². The number of amides is 1. The first kappa shape index (κ1) is 16.2. The third-order valence-corrected chi connectivity index (χ3v) is 3.81. The third kappa shape index (κ3) is 3.74. The summed E-state index contributed by atoms with van der Waals surface area (Å²) in [6.45, 7) is 5.57. The average Bonchev–Trinajstić information content (AvgIpc) is 2.95. The molecular weight excluding hydrogens is 285 g/mol. The highest BCUT2D eigenvalue weighted by molar-refractivity contribution is 5.92. The van der Waals surface area contributed by atoms with Gasteiger partial charge in [-0.2, -0.15) is 0 Å². The monoisotopic (exact) mass is 305 g/mol. The fraction of sp³-hybridized carbons (Fsp3) is 0.353. The van der Waals surface area contributed by atoms with E-state index in [9.17, 15) is 14.3 Å². The summed E-state index contributed by atoms with van der Waals surface area (Å²) in [4.78, 5) is 12.0. The van der Waals surface area contributed by atoms with Crippen LogP contribution in [-0.4, -0.2) is 23.2 Å². The topological polar surface area (TPSA) is 62.5 Å².